The second-order valence-electron chi connectivity index (χ2n) is 4.92. The molecule has 1 aromatic heterocycles. The SMILES string of the molecule is SCCCSc1nc(-c2ccccc2)c(-c2ccccc2)[nH]1. The third-order valence-corrected chi connectivity index (χ3v) is 4.61. The molecule has 1 N–H and O–H groups in total. The monoisotopic (exact) mass is 326 g/mol. The quantitative estimate of drug-likeness (QED) is 0.372. The van der Waals surface area contributed by atoms with Crippen LogP contribution in [-0.4, -0.2) is 21.5 Å². The van der Waals surface area contributed by atoms with E-state index in [4.69, 9.17) is 4.98 Å². The van der Waals surface area contributed by atoms with E-state index in [-0.39, 0.29) is 0 Å². The Hall–Kier alpha value is -1.65. The number of nitrogens with zero attached hydrogens (tertiary/aromatic N) is 1. The van der Waals surface area contributed by atoms with Crippen LogP contribution in [0, 0.1) is 0 Å². The molecule has 0 fully saturated rings. The normalized spacial score (nSPS) is 10.8. The van der Waals surface area contributed by atoms with Crippen LogP contribution in [0.25, 0.3) is 22.5 Å². The molecule has 22 heavy (non-hydrogen) atoms. The summed E-state index contributed by atoms with van der Waals surface area (Å²) in [4.78, 5) is 8.29. The van der Waals surface area contributed by atoms with Gasteiger partial charge in [-0.05, 0) is 12.2 Å². The topological polar surface area (TPSA) is 28.7 Å². The summed E-state index contributed by atoms with van der Waals surface area (Å²) >= 11 is 6.02. The van der Waals surface area contributed by atoms with Crippen molar-refractivity contribution in [3.8, 4) is 22.5 Å². The van der Waals surface area contributed by atoms with Crippen LogP contribution in [0.15, 0.2) is 65.8 Å². The number of nitrogens with one attached hydrogen (secondary N) is 1. The molecule has 0 bridgehead atoms. The van der Waals surface area contributed by atoms with Crippen molar-refractivity contribution in [3.05, 3.63) is 60.7 Å². The molecule has 0 spiro atoms. The largest absolute Gasteiger partial charge is 0.332 e. The Morgan fingerprint density at radius 2 is 1.55 bits per heavy atom. The van der Waals surface area contributed by atoms with Gasteiger partial charge in [-0.2, -0.15) is 12.6 Å². The first kappa shape index (κ1) is 15.3. The highest BCUT2D eigenvalue weighted by atomic mass is 32.2. The third-order valence-electron chi connectivity index (χ3n) is 3.33. The summed E-state index contributed by atoms with van der Waals surface area (Å²) in [6.07, 6.45) is 1.08. The molecule has 0 aliphatic rings. The van der Waals surface area contributed by atoms with Crippen molar-refractivity contribution in [3.63, 3.8) is 0 Å². The molecule has 0 amide bonds. The number of aromatic nitrogens is 2. The molecule has 0 aliphatic carbocycles. The van der Waals surface area contributed by atoms with E-state index < -0.39 is 0 Å². The van der Waals surface area contributed by atoms with E-state index in [2.05, 4.69) is 54.0 Å². The minimum Gasteiger partial charge on any atom is -0.332 e. The summed E-state index contributed by atoms with van der Waals surface area (Å²) in [5.41, 5.74) is 4.40. The third kappa shape index (κ3) is 3.57. The Morgan fingerprint density at radius 1 is 0.909 bits per heavy atom. The average Bonchev–Trinajstić information content (AvgIpc) is 3.01. The van der Waals surface area contributed by atoms with Gasteiger partial charge in [-0.3, -0.25) is 0 Å². The van der Waals surface area contributed by atoms with Crippen LogP contribution < -0.4 is 0 Å². The molecule has 0 unspecified atom stereocenters. The lowest BCUT2D eigenvalue weighted by Gasteiger charge is -2.02. The summed E-state index contributed by atoms with van der Waals surface area (Å²) in [5, 5.41) is 0.972. The van der Waals surface area contributed by atoms with Crippen molar-refractivity contribution in [1.82, 2.24) is 9.97 Å². The van der Waals surface area contributed by atoms with Crippen molar-refractivity contribution in [2.75, 3.05) is 11.5 Å². The average molecular weight is 326 g/mol. The number of rotatable bonds is 6. The predicted octanol–water partition coefficient (Wildman–Crippen LogP) is 5.16. The number of thiol groups is 1. The van der Waals surface area contributed by atoms with Crippen LogP contribution in [0.5, 0.6) is 0 Å². The number of imidazole rings is 1. The standard InChI is InChI=1S/C18H18N2S2/c21-12-7-13-22-18-19-16(14-8-3-1-4-9-14)17(20-18)15-10-5-2-6-11-15/h1-6,8-11,21H,7,12-13H2,(H,19,20). The molecule has 2 nitrogen and oxygen atoms in total. The molecule has 0 atom stereocenters. The zero-order valence-electron chi connectivity index (χ0n) is 12.2. The van der Waals surface area contributed by atoms with Crippen LogP contribution >= 0.6 is 24.4 Å². The van der Waals surface area contributed by atoms with Crippen molar-refractivity contribution < 1.29 is 0 Å². The highest BCUT2D eigenvalue weighted by molar-refractivity contribution is 7.99. The molecule has 1 heterocycles. The maximum atomic E-state index is 4.81. The Balaban J connectivity index is 1.99. The smallest absolute Gasteiger partial charge is 0.166 e. The lowest BCUT2D eigenvalue weighted by Crippen LogP contribution is -1.82. The van der Waals surface area contributed by atoms with E-state index in [1.54, 1.807) is 11.8 Å². The molecule has 0 aliphatic heterocycles. The lowest BCUT2D eigenvalue weighted by molar-refractivity contribution is 1.05. The zero-order chi connectivity index (χ0) is 15.2. The van der Waals surface area contributed by atoms with Crippen molar-refractivity contribution >= 4 is 24.4 Å². The molecule has 0 saturated heterocycles. The van der Waals surface area contributed by atoms with E-state index in [0.29, 0.717) is 0 Å². The van der Waals surface area contributed by atoms with Gasteiger partial charge in [0, 0.05) is 16.9 Å². The maximum absolute atomic E-state index is 4.81. The van der Waals surface area contributed by atoms with E-state index in [0.717, 1.165) is 45.6 Å². The predicted molar refractivity (Wildman–Crippen MR) is 98.7 cm³/mol. The van der Waals surface area contributed by atoms with Gasteiger partial charge in [-0.1, -0.05) is 72.4 Å². The first-order chi connectivity index (χ1) is 10.9. The van der Waals surface area contributed by atoms with Crippen LogP contribution in [-0.2, 0) is 0 Å². The molecule has 0 radical (unpaired) electrons. The summed E-state index contributed by atoms with van der Waals surface area (Å²) in [5.74, 6) is 1.93. The number of hydrogen-bond acceptors (Lipinski definition) is 3. The minimum absolute atomic E-state index is 0.908. The van der Waals surface area contributed by atoms with Gasteiger partial charge in [0.15, 0.2) is 5.16 Å². The highest BCUT2D eigenvalue weighted by Gasteiger charge is 2.13. The Bertz CT molecular complexity index is 651. The first-order valence-corrected chi connectivity index (χ1v) is 8.95. The molecule has 0 saturated carbocycles. The second-order valence-corrected chi connectivity index (χ2v) is 6.45. The molecule has 2 aromatic carbocycles. The van der Waals surface area contributed by atoms with Gasteiger partial charge in [0.1, 0.15) is 0 Å². The van der Waals surface area contributed by atoms with Gasteiger partial charge >= 0.3 is 0 Å². The van der Waals surface area contributed by atoms with Crippen LogP contribution in [0.1, 0.15) is 6.42 Å². The van der Waals surface area contributed by atoms with Crippen molar-refractivity contribution in [2.45, 2.75) is 11.6 Å². The van der Waals surface area contributed by atoms with Crippen molar-refractivity contribution in [2.24, 2.45) is 0 Å². The number of benzene rings is 2. The molecular weight excluding hydrogens is 308 g/mol. The van der Waals surface area contributed by atoms with Crippen LogP contribution in [0.2, 0.25) is 0 Å². The number of aromatic amines is 1. The van der Waals surface area contributed by atoms with E-state index in [1.807, 2.05) is 24.3 Å². The van der Waals surface area contributed by atoms with Crippen molar-refractivity contribution in [1.29, 1.82) is 0 Å². The Labute approximate surface area is 140 Å². The number of H-pyrrole nitrogens is 1. The summed E-state index contributed by atoms with van der Waals surface area (Å²) in [7, 11) is 0. The fourth-order valence-corrected chi connectivity index (χ4v) is 3.46. The second kappa shape index (κ2) is 7.56. The lowest BCUT2D eigenvalue weighted by atomic mass is 10.1. The number of thioether (sulfide) groups is 1. The molecule has 3 aromatic rings. The Morgan fingerprint density at radius 3 is 2.18 bits per heavy atom. The van der Waals surface area contributed by atoms with Gasteiger partial charge < -0.3 is 4.98 Å². The first-order valence-electron chi connectivity index (χ1n) is 7.33. The highest BCUT2D eigenvalue weighted by Crippen LogP contribution is 2.32. The Kier molecular flexibility index (Phi) is 5.24. The van der Waals surface area contributed by atoms with Crippen LogP contribution in [0.3, 0.4) is 0 Å². The van der Waals surface area contributed by atoms with Gasteiger partial charge in [0.2, 0.25) is 0 Å². The molecular formula is C18H18N2S2. The minimum atomic E-state index is 0.908. The van der Waals surface area contributed by atoms with E-state index in [9.17, 15) is 0 Å². The van der Waals surface area contributed by atoms with Gasteiger partial charge in [-0.25, -0.2) is 4.98 Å². The fraction of sp³-hybridized carbons (Fsp3) is 0.167. The number of hydrogen-bond donors (Lipinski definition) is 2. The molecule has 3 rings (SSSR count). The van der Waals surface area contributed by atoms with Gasteiger partial charge in [-0.15, -0.1) is 0 Å². The zero-order valence-corrected chi connectivity index (χ0v) is 13.9. The molecule has 4 heteroatoms. The maximum Gasteiger partial charge on any atom is 0.166 e. The van der Waals surface area contributed by atoms with E-state index >= 15 is 0 Å². The summed E-state index contributed by atoms with van der Waals surface area (Å²) in [6, 6.07) is 20.7. The molecule has 112 valence electrons. The van der Waals surface area contributed by atoms with Crippen LogP contribution in [0.4, 0.5) is 0 Å². The van der Waals surface area contributed by atoms with Gasteiger partial charge in [0.25, 0.3) is 0 Å². The summed E-state index contributed by atoms with van der Waals surface area (Å²) < 4.78 is 0. The summed E-state index contributed by atoms with van der Waals surface area (Å²) in [6.45, 7) is 0. The van der Waals surface area contributed by atoms with Gasteiger partial charge in [0.05, 0.1) is 11.4 Å². The fourth-order valence-electron chi connectivity index (χ4n) is 2.27. The van der Waals surface area contributed by atoms with E-state index in [1.165, 1.54) is 0 Å².